The predicted molar refractivity (Wildman–Crippen MR) is 160 cm³/mol. The first-order valence-electron chi connectivity index (χ1n) is 13.6. The average Bonchev–Trinajstić information content (AvgIpc) is 2.98. The van der Waals surface area contributed by atoms with Crippen LogP contribution in [-0.4, -0.2) is 47.0 Å². The molecular formula is C31H30ClF2N5O3. The molecule has 11 heteroatoms. The number of hydrogen-bond acceptors (Lipinski definition) is 7. The van der Waals surface area contributed by atoms with Crippen molar-refractivity contribution < 1.29 is 23.0 Å². The number of halogens is 3. The summed E-state index contributed by atoms with van der Waals surface area (Å²) < 4.78 is 38.6. The smallest absolute Gasteiger partial charge is 0.283 e. The number of hydrogen-bond donors (Lipinski definition) is 2. The van der Waals surface area contributed by atoms with E-state index in [0.29, 0.717) is 45.5 Å². The topological polar surface area (TPSA) is 88.6 Å². The Morgan fingerprint density at radius 1 is 1.00 bits per heavy atom. The van der Waals surface area contributed by atoms with Crippen LogP contribution in [0.4, 0.5) is 26.0 Å². The Balaban J connectivity index is 1.34. The molecule has 3 aromatic carbocycles. The molecule has 0 atom stereocenters. The van der Waals surface area contributed by atoms with Crippen molar-refractivity contribution in [1.29, 1.82) is 0 Å². The van der Waals surface area contributed by atoms with Gasteiger partial charge >= 0.3 is 0 Å². The van der Waals surface area contributed by atoms with Crippen LogP contribution in [-0.2, 0) is 11.4 Å². The average molecular weight is 594 g/mol. The lowest BCUT2D eigenvalue weighted by Gasteiger charge is -2.26. The minimum Gasteiger partial charge on any atom is -0.490 e. The van der Waals surface area contributed by atoms with Crippen molar-refractivity contribution in [3.05, 3.63) is 89.7 Å². The second-order valence-electron chi connectivity index (χ2n) is 9.88. The summed E-state index contributed by atoms with van der Waals surface area (Å²) in [5.41, 5.74) is 2.25. The fourth-order valence-corrected chi connectivity index (χ4v) is 4.87. The van der Waals surface area contributed by atoms with Crippen molar-refractivity contribution >= 4 is 45.6 Å². The van der Waals surface area contributed by atoms with Crippen molar-refractivity contribution in [3.8, 4) is 11.5 Å². The van der Waals surface area contributed by atoms with Crippen LogP contribution < -0.4 is 20.1 Å². The molecule has 42 heavy (non-hydrogen) atoms. The minimum absolute atomic E-state index is 0.228. The maximum atomic E-state index is 13.6. The van der Waals surface area contributed by atoms with Gasteiger partial charge in [0.05, 0.1) is 16.2 Å². The number of likely N-dealkylation sites (tertiary alicyclic amines) is 1. The maximum Gasteiger partial charge on any atom is 0.283 e. The first-order chi connectivity index (χ1) is 20.4. The number of amides is 1. The zero-order chi connectivity index (χ0) is 29.5. The molecule has 0 radical (unpaired) electrons. The molecule has 218 valence electrons. The van der Waals surface area contributed by atoms with E-state index < -0.39 is 11.7 Å². The van der Waals surface area contributed by atoms with Gasteiger partial charge in [-0.15, -0.1) is 0 Å². The normalized spacial score (nSPS) is 13.5. The summed E-state index contributed by atoms with van der Waals surface area (Å²) in [5.74, 6) is -1.14. The fraction of sp³-hybridized carbons (Fsp3) is 0.258. The maximum absolute atomic E-state index is 13.6. The van der Waals surface area contributed by atoms with Crippen molar-refractivity contribution in [2.75, 3.05) is 36.9 Å². The Kier molecular flexibility index (Phi) is 9.45. The number of carbonyl (C=O) groups is 1. The fourth-order valence-electron chi connectivity index (χ4n) is 4.63. The molecule has 0 bridgehead atoms. The van der Waals surface area contributed by atoms with E-state index in [0.717, 1.165) is 25.2 Å². The van der Waals surface area contributed by atoms with Crippen molar-refractivity contribution in [1.82, 2.24) is 14.9 Å². The Morgan fingerprint density at radius 3 is 2.52 bits per heavy atom. The van der Waals surface area contributed by atoms with E-state index in [1.807, 2.05) is 0 Å². The second kappa shape index (κ2) is 13.6. The summed E-state index contributed by atoms with van der Waals surface area (Å²) in [6, 6.07) is 14.5. The number of rotatable bonds is 11. The molecular weight excluding hydrogens is 564 g/mol. The van der Waals surface area contributed by atoms with Crippen LogP contribution in [0.3, 0.4) is 0 Å². The highest BCUT2D eigenvalue weighted by molar-refractivity contribution is 6.32. The summed E-state index contributed by atoms with van der Waals surface area (Å²) in [5, 5.41) is 6.68. The predicted octanol–water partition coefficient (Wildman–Crippen LogP) is 7.03. The molecule has 1 aliphatic heterocycles. The monoisotopic (exact) mass is 593 g/mol. The molecule has 1 aliphatic rings. The van der Waals surface area contributed by atoms with Gasteiger partial charge in [0.1, 0.15) is 42.7 Å². The van der Waals surface area contributed by atoms with Gasteiger partial charge in [0, 0.05) is 23.7 Å². The van der Waals surface area contributed by atoms with Crippen LogP contribution in [0, 0.1) is 5.82 Å². The van der Waals surface area contributed by atoms with Crippen molar-refractivity contribution in [2.45, 2.75) is 25.9 Å². The minimum atomic E-state index is -1.12. The quantitative estimate of drug-likeness (QED) is 0.180. The summed E-state index contributed by atoms with van der Waals surface area (Å²) in [4.78, 5) is 23.3. The molecule has 0 aliphatic carbocycles. The van der Waals surface area contributed by atoms with E-state index in [9.17, 15) is 13.6 Å². The van der Waals surface area contributed by atoms with E-state index in [-0.39, 0.29) is 18.1 Å². The molecule has 1 saturated heterocycles. The van der Waals surface area contributed by atoms with Gasteiger partial charge < -0.3 is 20.1 Å². The third-order valence-corrected chi connectivity index (χ3v) is 7.14. The van der Waals surface area contributed by atoms with Gasteiger partial charge in [-0.2, -0.15) is 0 Å². The molecule has 0 saturated carbocycles. The lowest BCUT2D eigenvalue weighted by Crippen LogP contribution is -2.33. The largest absolute Gasteiger partial charge is 0.490 e. The van der Waals surface area contributed by atoms with Gasteiger partial charge in [-0.3, -0.25) is 9.69 Å². The standard InChI is InChI=1S/C31H30ClF2N5O3/c1-20(33)31(40)38-27-16-24-26(17-29(27)41-14-13-39-11-3-2-4-12-39)35-19-36-30(24)37-23-9-10-28(25(32)15-23)42-18-21-5-7-22(34)8-6-21/h5-10,15-17,19H,1-4,11-14,18H2,(H,38,40)(H,35,36,37). The molecule has 8 nitrogen and oxygen atoms in total. The van der Waals surface area contributed by atoms with E-state index in [1.165, 1.54) is 37.7 Å². The number of nitrogens with one attached hydrogen (secondary N) is 2. The number of anilines is 3. The highest BCUT2D eigenvalue weighted by atomic mass is 35.5. The molecule has 1 fully saturated rings. The molecule has 2 heterocycles. The number of nitrogens with zero attached hydrogens (tertiary/aromatic N) is 3. The Labute approximate surface area is 247 Å². The second-order valence-corrected chi connectivity index (χ2v) is 10.3. The van der Waals surface area contributed by atoms with E-state index in [2.05, 4.69) is 32.1 Å². The number of carbonyl (C=O) groups excluding carboxylic acids is 1. The van der Waals surface area contributed by atoms with Gasteiger partial charge in [-0.1, -0.05) is 36.7 Å². The first-order valence-corrected chi connectivity index (χ1v) is 14.0. The third kappa shape index (κ3) is 7.51. The molecule has 0 unspecified atom stereocenters. The number of aromatic nitrogens is 2. The summed E-state index contributed by atoms with van der Waals surface area (Å²) in [7, 11) is 0. The molecule has 5 rings (SSSR count). The number of ether oxygens (including phenoxy) is 2. The van der Waals surface area contributed by atoms with Gasteiger partial charge in [0.15, 0.2) is 5.83 Å². The van der Waals surface area contributed by atoms with Crippen LogP contribution in [0.15, 0.2) is 73.3 Å². The highest BCUT2D eigenvalue weighted by Gasteiger charge is 2.17. The summed E-state index contributed by atoms with van der Waals surface area (Å²) in [6.07, 6.45) is 4.98. The van der Waals surface area contributed by atoms with Gasteiger partial charge in [0.25, 0.3) is 5.91 Å². The van der Waals surface area contributed by atoms with Crippen molar-refractivity contribution in [3.63, 3.8) is 0 Å². The van der Waals surface area contributed by atoms with Crippen LogP contribution in [0.25, 0.3) is 10.9 Å². The highest BCUT2D eigenvalue weighted by Crippen LogP contribution is 2.35. The number of fused-ring (bicyclic) bond motifs is 1. The zero-order valence-corrected chi connectivity index (χ0v) is 23.6. The number of piperidine rings is 1. The third-order valence-electron chi connectivity index (χ3n) is 6.85. The summed E-state index contributed by atoms with van der Waals surface area (Å²) in [6.45, 7) is 6.51. The Hall–Kier alpha value is -4.28. The van der Waals surface area contributed by atoms with Crippen LogP contribution in [0.1, 0.15) is 24.8 Å². The zero-order valence-electron chi connectivity index (χ0n) is 22.8. The van der Waals surface area contributed by atoms with Crippen LogP contribution in [0.5, 0.6) is 11.5 Å². The van der Waals surface area contributed by atoms with Crippen LogP contribution >= 0.6 is 11.6 Å². The molecule has 1 amide bonds. The Bertz CT molecular complexity index is 1580. The molecule has 0 spiro atoms. The summed E-state index contributed by atoms with van der Waals surface area (Å²) >= 11 is 6.47. The number of benzene rings is 3. The SMILES string of the molecule is C=C(F)C(=O)Nc1cc2c(Nc3ccc(OCc4ccc(F)cc4)c(Cl)c3)ncnc2cc1OCCN1CCCCC1. The molecule has 1 aromatic heterocycles. The van der Waals surface area contributed by atoms with Crippen molar-refractivity contribution in [2.24, 2.45) is 0 Å². The van der Waals surface area contributed by atoms with Gasteiger partial charge in [0.2, 0.25) is 0 Å². The first kappa shape index (κ1) is 29.2. The van der Waals surface area contributed by atoms with Crippen LogP contribution in [0.2, 0.25) is 5.02 Å². The lowest BCUT2D eigenvalue weighted by atomic mass is 10.1. The Morgan fingerprint density at radius 2 is 1.79 bits per heavy atom. The van der Waals surface area contributed by atoms with Gasteiger partial charge in [-0.05, 0) is 67.9 Å². The van der Waals surface area contributed by atoms with Gasteiger partial charge in [-0.25, -0.2) is 18.7 Å². The van der Waals surface area contributed by atoms with E-state index in [4.69, 9.17) is 21.1 Å². The molecule has 2 N–H and O–H groups in total. The van der Waals surface area contributed by atoms with E-state index >= 15 is 0 Å². The lowest BCUT2D eigenvalue weighted by molar-refractivity contribution is -0.114. The van der Waals surface area contributed by atoms with E-state index in [1.54, 1.807) is 42.5 Å². The molecule has 4 aromatic rings.